The summed E-state index contributed by atoms with van der Waals surface area (Å²) in [4.78, 5) is 30.5. The number of aliphatic imine (C=N–C) groups is 1. The van der Waals surface area contributed by atoms with Crippen LogP contribution < -0.4 is 11.1 Å². The number of hydrogen-bond acceptors (Lipinski definition) is 5. The number of guanidine groups is 1. The number of nitrogens with one attached hydrogen (secondary N) is 1. The van der Waals surface area contributed by atoms with Crippen LogP contribution in [-0.2, 0) is 10.3 Å². The standard InChI is InChI=1S/C17H16BrFN4O2S/c1-17(8-14(24)23(2)16(20)22-17)10-7-9(3-4-11(10)19)21-15(25)12-5-6-13(18)26-12/h3-7H,8H2,1-2H3,(H2,20,22)(H,21,25). The first-order valence-electron chi connectivity index (χ1n) is 7.68. The van der Waals surface area contributed by atoms with E-state index in [1.54, 1.807) is 19.1 Å². The molecule has 26 heavy (non-hydrogen) atoms. The van der Waals surface area contributed by atoms with Gasteiger partial charge in [-0.2, -0.15) is 0 Å². The Hall–Kier alpha value is -2.26. The van der Waals surface area contributed by atoms with Gasteiger partial charge in [0.15, 0.2) is 5.96 Å². The molecule has 2 aromatic rings. The number of benzene rings is 1. The van der Waals surface area contributed by atoms with Crippen molar-refractivity contribution < 1.29 is 14.0 Å². The number of rotatable bonds is 3. The van der Waals surface area contributed by atoms with Gasteiger partial charge in [0.05, 0.1) is 20.6 Å². The molecule has 2 heterocycles. The maximum atomic E-state index is 14.5. The highest BCUT2D eigenvalue weighted by molar-refractivity contribution is 9.11. The van der Waals surface area contributed by atoms with E-state index in [0.717, 1.165) is 3.79 Å². The number of amides is 2. The summed E-state index contributed by atoms with van der Waals surface area (Å²) in [5, 5.41) is 2.74. The lowest BCUT2D eigenvalue weighted by molar-refractivity contribution is -0.128. The van der Waals surface area contributed by atoms with Crippen LogP contribution in [0.2, 0.25) is 0 Å². The highest BCUT2D eigenvalue weighted by atomic mass is 79.9. The highest BCUT2D eigenvalue weighted by Gasteiger charge is 2.38. The summed E-state index contributed by atoms with van der Waals surface area (Å²) in [5.41, 5.74) is 5.27. The van der Waals surface area contributed by atoms with E-state index in [2.05, 4.69) is 26.2 Å². The number of carbonyl (C=O) groups excluding carboxylic acids is 2. The first kappa shape index (κ1) is 18.5. The Labute approximate surface area is 162 Å². The Bertz CT molecular complexity index is 929. The number of thiophene rings is 1. The van der Waals surface area contributed by atoms with Crippen LogP contribution in [0.15, 0.2) is 39.1 Å². The Morgan fingerprint density at radius 3 is 2.77 bits per heavy atom. The van der Waals surface area contributed by atoms with E-state index in [1.807, 2.05) is 0 Å². The van der Waals surface area contributed by atoms with Gasteiger partial charge in [0.25, 0.3) is 5.91 Å². The summed E-state index contributed by atoms with van der Waals surface area (Å²) in [6.07, 6.45) is -0.0175. The van der Waals surface area contributed by atoms with Crippen molar-refractivity contribution in [3.63, 3.8) is 0 Å². The maximum Gasteiger partial charge on any atom is 0.265 e. The molecule has 0 spiro atoms. The fourth-order valence-electron chi connectivity index (χ4n) is 2.71. The van der Waals surface area contributed by atoms with Gasteiger partial charge in [-0.15, -0.1) is 11.3 Å². The van der Waals surface area contributed by atoms with Crippen molar-refractivity contribution >= 4 is 50.7 Å². The average Bonchev–Trinajstić information content (AvgIpc) is 3.01. The van der Waals surface area contributed by atoms with E-state index < -0.39 is 11.4 Å². The summed E-state index contributed by atoms with van der Waals surface area (Å²) < 4.78 is 15.3. The normalized spacial score (nSPS) is 20.1. The number of nitrogens with two attached hydrogens (primary N) is 1. The lowest BCUT2D eigenvalue weighted by Crippen LogP contribution is -2.47. The Morgan fingerprint density at radius 1 is 1.42 bits per heavy atom. The van der Waals surface area contributed by atoms with Crippen molar-refractivity contribution in [1.82, 2.24) is 4.90 Å². The molecule has 0 aliphatic carbocycles. The Morgan fingerprint density at radius 2 is 2.15 bits per heavy atom. The molecule has 1 aliphatic rings. The average molecular weight is 439 g/mol. The molecule has 3 N–H and O–H groups in total. The predicted molar refractivity (Wildman–Crippen MR) is 103 cm³/mol. The molecule has 0 saturated heterocycles. The molecule has 1 aromatic carbocycles. The molecule has 6 nitrogen and oxygen atoms in total. The highest BCUT2D eigenvalue weighted by Crippen LogP contribution is 2.36. The van der Waals surface area contributed by atoms with Crippen molar-refractivity contribution in [1.29, 1.82) is 0 Å². The molecule has 1 atom stereocenters. The summed E-state index contributed by atoms with van der Waals surface area (Å²) >= 11 is 4.60. The molecule has 9 heteroatoms. The zero-order valence-corrected chi connectivity index (χ0v) is 16.4. The van der Waals surface area contributed by atoms with Gasteiger partial charge in [0.1, 0.15) is 5.82 Å². The molecular formula is C17H16BrFN4O2S. The van der Waals surface area contributed by atoms with Gasteiger partial charge in [-0.05, 0) is 53.2 Å². The maximum absolute atomic E-state index is 14.5. The van der Waals surface area contributed by atoms with Crippen LogP contribution in [0.25, 0.3) is 0 Å². The quantitative estimate of drug-likeness (QED) is 0.770. The van der Waals surface area contributed by atoms with Gasteiger partial charge < -0.3 is 11.1 Å². The molecular weight excluding hydrogens is 423 g/mol. The van der Waals surface area contributed by atoms with E-state index in [9.17, 15) is 14.0 Å². The van der Waals surface area contributed by atoms with E-state index in [1.165, 1.54) is 41.5 Å². The number of anilines is 1. The molecule has 136 valence electrons. The van der Waals surface area contributed by atoms with Crippen LogP contribution >= 0.6 is 27.3 Å². The molecule has 0 saturated carbocycles. The van der Waals surface area contributed by atoms with Crippen molar-refractivity contribution in [3.05, 3.63) is 50.4 Å². The molecule has 3 rings (SSSR count). The van der Waals surface area contributed by atoms with Crippen molar-refractivity contribution in [3.8, 4) is 0 Å². The van der Waals surface area contributed by atoms with Gasteiger partial charge in [0, 0.05) is 18.3 Å². The van der Waals surface area contributed by atoms with E-state index in [4.69, 9.17) is 5.73 Å². The second-order valence-corrected chi connectivity index (χ2v) is 8.59. The summed E-state index contributed by atoms with van der Waals surface area (Å²) in [7, 11) is 1.52. The fraction of sp³-hybridized carbons (Fsp3) is 0.235. The van der Waals surface area contributed by atoms with Gasteiger partial charge in [0.2, 0.25) is 5.91 Å². The lowest BCUT2D eigenvalue weighted by Gasteiger charge is -2.34. The van der Waals surface area contributed by atoms with Gasteiger partial charge in [-0.25, -0.2) is 9.38 Å². The monoisotopic (exact) mass is 438 g/mol. The van der Waals surface area contributed by atoms with Gasteiger partial charge in [-0.3, -0.25) is 14.5 Å². The lowest BCUT2D eigenvalue weighted by atomic mass is 9.87. The molecule has 1 unspecified atom stereocenters. The molecule has 0 radical (unpaired) electrons. The molecule has 2 amide bonds. The third kappa shape index (κ3) is 3.49. The first-order valence-corrected chi connectivity index (χ1v) is 9.29. The Balaban J connectivity index is 1.93. The van der Waals surface area contributed by atoms with Crippen LogP contribution in [0.1, 0.15) is 28.6 Å². The third-order valence-corrected chi connectivity index (χ3v) is 5.80. The number of halogens is 2. The van der Waals surface area contributed by atoms with Crippen LogP contribution in [-0.4, -0.2) is 29.7 Å². The van der Waals surface area contributed by atoms with Gasteiger partial charge in [-0.1, -0.05) is 0 Å². The van der Waals surface area contributed by atoms with Crippen molar-refractivity contribution in [2.45, 2.75) is 18.9 Å². The Kier molecular flexibility index (Phi) is 4.85. The van der Waals surface area contributed by atoms with Gasteiger partial charge >= 0.3 is 0 Å². The smallest absolute Gasteiger partial charge is 0.265 e. The zero-order valence-electron chi connectivity index (χ0n) is 14.0. The molecule has 1 aromatic heterocycles. The van der Waals surface area contributed by atoms with Crippen molar-refractivity contribution in [2.75, 3.05) is 12.4 Å². The second-order valence-electron chi connectivity index (χ2n) is 6.13. The summed E-state index contributed by atoms with van der Waals surface area (Å²) in [5.74, 6) is -1.04. The largest absolute Gasteiger partial charge is 0.369 e. The minimum Gasteiger partial charge on any atom is -0.369 e. The van der Waals surface area contributed by atoms with Crippen LogP contribution in [0.3, 0.4) is 0 Å². The zero-order chi connectivity index (χ0) is 19.1. The SMILES string of the molecule is CN1C(=O)CC(C)(c2cc(NC(=O)c3ccc(Br)s3)ccc2F)N=C1N. The van der Waals surface area contributed by atoms with E-state index in [0.29, 0.717) is 10.6 Å². The van der Waals surface area contributed by atoms with Crippen LogP contribution in [0.4, 0.5) is 10.1 Å². The molecule has 0 fully saturated rings. The summed E-state index contributed by atoms with van der Waals surface area (Å²) in [6.45, 7) is 1.64. The number of nitrogens with zero attached hydrogens (tertiary/aromatic N) is 2. The third-order valence-electron chi connectivity index (χ3n) is 4.18. The minimum absolute atomic E-state index is 0.0175. The fourth-order valence-corrected chi connectivity index (χ4v) is 3.99. The minimum atomic E-state index is -1.13. The van der Waals surface area contributed by atoms with E-state index in [-0.39, 0.29) is 29.8 Å². The van der Waals surface area contributed by atoms with Crippen LogP contribution in [0.5, 0.6) is 0 Å². The topological polar surface area (TPSA) is 87.8 Å². The second kappa shape index (κ2) is 6.81. The van der Waals surface area contributed by atoms with Crippen molar-refractivity contribution in [2.24, 2.45) is 10.7 Å². The van der Waals surface area contributed by atoms with E-state index >= 15 is 0 Å². The summed E-state index contributed by atoms with van der Waals surface area (Å²) in [6, 6.07) is 7.67. The van der Waals surface area contributed by atoms with Crippen LogP contribution in [0, 0.1) is 5.82 Å². The number of hydrogen-bond donors (Lipinski definition) is 2. The first-order chi connectivity index (χ1) is 12.2. The molecule has 0 bridgehead atoms. The number of carbonyl (C=O) groups is 2. The molecule has 1 aliphatic heterocycles. The predicted octanol–water partition coefficient (Wildman–Crippen LogP) is 3.29.